The van der Waals surface area contributed by atoms with Gasteiger partial charge in [0.15, 0.2) is 5.11 Å². The van der Waals surface area contributed by atoms with Crippen LogP contribution in [0.2, 0.25) is 0 Å². The number of allylic oxidation sites excluding steroid dienone is 3. The van der Waals surface area contributed by atoms with Gasteiger partial charge in [-0.3, -0.25) is 4.99 Å². The molecule has 2 atom stereocenters. The van der Waals surface area contributed by atoms with Crippen molar-refractivity contribution in [1.29, 1.82) is 0 Å². The monoisotopic (exact) mass is 315 g/mol. The van der Waals surface area contributed by atoms with Crippen molar-refractivity contribution in [2.24, 2.45) is 4.99 Å². The molecule has 0 aliphatic heterocycles. The number of hydrogen-bond donors (Lipinski definition) is 3. The van der Waals surface area contributed by atoms with Crippen molar-refractivity contribution in [2.75, 3.05) is 7.05 Å². The lowest BCUT2D eigenvalue weighted by atomic mass is 10.1. The van der Waals surface area contributed by atoms with Gasteiger partial charge in [-0.25, -0.2) is 0 Å². The van der Waals surface area contributed by atoms with Crippen LogP contribution in [-0.2, 0) is 6.42 Å². The number of nitrogens with one attached hydrogen (secondary N) is 2. The van der Waals surface area contributed by atoms with Gasteiger partial charge in [-0.05, 0) is 42.4 Å². The molecule has 1 aromatic carbocycles. The van der Waals surface area contributed by atoms with E-state index in [-0.39, 0.29) is 6.04 Å². The van der Waals surface area contributed by atoms with Gasteiger partial charge in [0, 0.05) is 25.4 Å². The number of thiocarbonyl (C=S) groups is 1. The van der Waals surface area contributed by atoms with E-state index in [2.05, 4.69) is 15.6 Å². The van der Waals surface area contributed by atoms with E-state index in [0.717, 1.165) is 11.3 Å². The molecule has 0 saturated heterocycles. The number of aliphatic imine (C=N–C) groups is 1. The van der Waals surface area contributed by atoms with E-state index in [1.54, 1.807) is 13.3 Å². The predicted octanol–water partition coefficient (Wildman–Crippen LogP) is 2.27. The Morgan fingerprint density at radius 1 is 1.41 bits per heavy atom. The molecule has 3 N–H and O–H groups in total. The van der Waals surface area contributed by atoms with Gasteiger partial charge in [0.25, 0.3) is 0 Å². The summed E-state index contributed by atoms with van der Waals surface area (Å²) >= 11 is 5.35. The van der Waals surface area contributed by atoms with E-state index < -0.39 is 6.10 Å². The van der Waals surface area contributed by atoms with Crippen molar-refractivity contribution in [1.82, 2.24) is 10.6 Å². The minimum absolute atomic E-state index is 0.171. The summed E-state index contributed by atoms with van der Waals surface area (Å²) in [5.74, 6) is 0. The second kappa shape index (κ2) is 7.87. The van der Waals surface area contributed by atoms with Gasteiger partial charge in [0.05, 0.1) is 12.1 Å². The van der Waals surface area contributed by atoms with E-state index in [4.69, 9.17) is 12.2 Å². The molecule has 1 aliphatic carbocycles. The molecule has 0 aromatic heterocycles. The minimum atomic E-state index is -0.464. The molecule has 116 valence electrons. The van der Waals surface area contributed by atoms with Crippen molar-refractivity contribution >= 4 is 23.5 Å². The number of aliphatic hydroxyl groups excluding tert-OH is 1. The van der Waals surface area contributed by atoms with Crippen LogP contribution in [0.5, 0.6) is 0 Å². The second-order valence-corrected chi connectivity index (χ2v) is 5.47. The van der Waals surface area contributed by atoms with Crippen molar-refractivity contribution in [3.05, 3.63) is 59.3 Å². The van der Waals surface area contributed by atoms with Crippen LogP contribution in [0.4, 0.5) is 0 Å². The van der Waals surface area contributed by atoms with Crippen molar-refractivity contribution in [2.45, 2.75) is 25.5 Å². The van der Waals surface area contributed by atoms with Crippen LogP contribution in [0.25, 0.3) is 0 Å². The zero-order valence-electron chi connectivity index (χ0n) is 12.8. The Kier molecular flexibility index (Phi) is 5.86. The Morgan fingerprint density at radius 2 is 2.18 bits per heavy atom. The summed E-state index contributed by atoms with van der Waals surface area (Å²) in [6.07, 6.45) is 7.55. The fourth-order valence-electron chi connectivity index (χ4n) is 2.50. The molecular weight excluding hydrogens is 294 g/mol. The van der Waals surface area contributed by atoms with Crippen molar-refractivity contribution in [3.63, 3.8) is 0 Å². The SMILES string of the molecule is C/C=C(\C=C/C=NC)NC(=S)N[C@@H]1c2ccccc2C[C@@H]1O. The van der Waals surface area contributed by atoms with Gasteiger partial charge < -0.3 is 15.7 Å². The third-order valence-electron chi connectivity index (χ3n) is 3.57. The van der Waals surface area contributed by atoms with Gasteiger partial charge in [0.2, 0.25) is 0 Å². The molecule has 0 heterocycles. The maximum atomic E-state index is 10.2. The quantitative estimate of drug-likeness (QED) is 0.453. The van der Waals surface area contributed by atoms with Gasteiger partial charge in [-0.15, -0.1) is 0 Å². The fraction of sp³-hybridized carbons (Fsp3) is 0.294. The second-order valence-electron chi connectivity index (χ2n) is 5.06. The summed E-state index contributed by atoms with van der Waals surface area (Å²) in [6, 6.07) is 7.87. The van der Waals surface area contributed by atoms with Gasteiger partial charge in [-0.1, -0.05) is 30.3 Å². The summed E-state index contributed by atoms with van der Waals surface area (Å²) in [5, 5.41) is 17.0. The Morgan fingerprint density at radius 3 is 2.91 bits per heavy atom. The van der Waals surface area contributed by atoms with E-state index in [9.17, 15) is 5.11 Å². The molecular formula is C17H21N3OS. The molecule has 0 radical (unpaired) electrons. The molecule has 0 saturated carbocycles. The Balaban J connectivity index is 2.00. The van der Waals surface area contributed by atoms with Gasteiger partial charge in [-0.2, -0.15) is 0 Å². The zero-order valence-corrected chi connectivity index (χ0v) is 13.6. The molecule has 0 unspecified atom stereocenters. The van der Waals surface area contributed by atoms with Crippen LogP contribution in [-0.4, -0.2) is 29.6 Å². The zero-order chi connectivity index (χ0) is 15.9. The van der Waals surface area contributed by atoms with Gasteiger partial charge >= 0.3 is 0 Å². The summed E-state index contributed by atoms with van der Waals surface area (Å²) in [7, 11) is 1.72. The highest BCUT2D eigenvalue weighted by Gasteiger charge is 2.31. The molecule has 0 bridgehead atoms. The summed E-state index contributed by atoms with van der Waals surface area (Å²) < 4.78 is 0. The number of hydrogen-bond acceptors (Lipinski definition) is 3. The molecule has 0 spiro atoms. The molecule has 0 fully saturated rings. The van der Waals surface area contributed by atoms with E-state index >= 15 is 0 Å². The number of nitrogens with zero attached hydrogens (tertiary/aromatic N) is 1. The number of aliphatic hydroxyl groups is 1. The topological polar surface area (TPSA) is 56.7 Å². The highest BCUT2D eigenvalue weighted by molar-refractivity contribution is 7.80. The van der Waals surface area contributed by atoms with Crippen LogP contribution in [0, 0.1) is 0 Å². The largest absolute Gasteiger partial charge is 0.390 e. The average Bonchev–Trinajstić information content (AvgIpc) is 2.82. The van der Waals surface area contributed by atoms with Crippen LogP contribution < -0.4 is 10.6 Å². The fourth-order valence-corrected chi connectivity index (χ4v) is 2.74. The highest BCUT2D eigenvalue weighted by atomic mass is 32.1. The molecule has 1 aromatic rings. The summed E-state index contributed by atoms with van der Waals surface area (Å²) in [5.41, 5.74) is 3.15. The molecule has 4 nitrogen and oxygen atoms in total. The minimum Gasteiger partial charge on any atom is -0.390 e. The van der Waals surface area contributed by atoms with Crippen LogP contribution in [0.15, 0.2) is 53.2 Å². The van der Waals surface area contributed by atoms with Crippen molar-refractivity contribution < 1.29 is 5.11 Å². The first-order chi connectivity index (χ1) is 10.7. The molecule has 0 amide bonds. The standard InChI is InChI=1S/C17H21N3OS/c1-3-13(8-6-10-18-2)19-17(22)20-16-14-9-5-4-7-12(14)11-15(16)21/h3-10,15-16,21H,11H2,1-2H3,(H2,19,20,22)/b8-6-,13-3+,18-10?/t15-,16+/m0/s1. The Labute approximate surface area is 136 Å². The first-order valence-electron chi connectivity index (χ1n) is 7.24. The smallest absolute Gasteiger partial charge is 0.171 e. The van der Waals surface area contributed by atoms with Gasteiger partial charge in [0.1, 0.15) is 0 Å². The summed E-state index contributed by atoms with van der Waals surface area (Å²) in [4.78, 5) is 3.89. The molecule has 1 aliphatic rings. The molecule has 5 heteroatoms. The average molecular weight is 315 g/mol. The van der Waals surface area contributed by atoms with Crippen LogP contribution in [0.3, 0.4) is 0 Å². The first kappa shape index (κ1) is 16.4. The lowest BCUT2D eigenvalue weighted by Crippen LogP contribution is -2.40. The van der Waals surface area contributed by atoms with E-state index in [1.807, 2.05) is 49.4 Å². The molecule has 2 rings (SSSR count). The van der Waals surface area contributed by atoms with E-state index in [0.29, 0.717) is 11.5 Å². The van der Waals surface area contributed by atoms with Crippen molar-refractivity contribution in [3.8, 4) is 0 Å². The van der Waals surface area contributed by atoms with E-state index in [1.165, 1.54) is 5.56 Å². The number of rotatable bonds is 4. The normalized spacial score (nSPS) is 21.3. The maximum Gasteiger partial charge on any atom is 0.171 e. The Hall–Kier alpha value is -1.98. The van der Waals surface area contributed by atoms with Crippen LogP contribution >= 0.6 is 12.2 Å². The highest BCUT2D eigenvalue weighted by Crippen LogP contribution is 2.31. The third kappa shape index (κ3) is 4.02. The molecule has 22 heavy (non-hydrogen) atoms. The number of benzene rings is 1. The van der Waals surface area contributed by atoms with Crippen LogP contribution in [0.1, 0.15) is 24.1 Å². The lowest BCUT2D eigenvalue weighted by molar-refractivity contribution is 0.150. The first-order valence-corrected chi connectivity index (χ1v) is 7.65. The Bertz CT molecular complexity index is 622. The predicted molar refractivity (Wildman–Crippen MR) is 95.1 cm³/mol. The maximum absolute atomic E-state index is 10.2. The third-order valence-corrected chi connectivity index (χ3v) is 3.79. The lowest BCUT2D eigenvalue weighted by Gasteiger charge is -2.20. The summed E-state index contributed by atoms with van der Waals surface area (Å²) in [6.45, 7) is 1.93. The number of fused-ring (bicyclic) bond motifs is 1.